The van der Waals surface area contributed by atoms with Crippen LogP contribution in [0.5, 0.6) is 0 Å². The molecular formula is C21H18N4O2. The van der Waals surface area contributed by atoms with Crippen LogP contribution in [0.2, 0.25) is 0 Å². The summed E-state index contributed by atoms with van der Waals surface area (Å²) in [5.41, 5.74) is 4.63. The number of hydrogen-bond donors (Lipinski definition) is 0. The summed E-state index contributed by atoms with van der Waals surface area (Å²) in [5.74, 6) is 0.828. The molecule has 4 aromatic rings. The largest absolute Gasteiger partial charge is 0.337 e. The van der Waals surface area contributed by atoms with Crippen molar-refractivity contribution < 1.29 is 4.52 Å². The molecule has 0 amide bonds. The highest BCUT2D eigenvalue weighted by atomic mass is 16.5. The molecule has 0 atom stereocenters. The van der Waals surface area contributed by atoms with E-state index in [0.29, 0.717) is 17.4 Å². The third-order valence-electron chi connectivity index (χ3n) is 4.28. The van der Waals surface area contributed by atoms with Gasteiger partial charge in [-0.05, 0) is 19.9 Å². The maximum atomic E-state index is 12.2. The molecule has 0 radical (unpaired) electrons. The third-order valence-corrected chi connectivity index (χ3v) is 4.28. The molecule has 0 unspecified atom stereocenters. The van der Waals surface area contributed by atoms with Gasteiger partial charge in [-0.2, -0.15) is 10.1 Å². The van der Waals surface area contributed by atoms with Gasteiger partial charge in [0.05, 0.1) is 5.69 Å². The molecule has 2 heterocycles. The Balaban J connectivity index is 1.61. The second-order valence-corrected chi connectivity index (χ2v) is 6.46. The predicted octanol–water partition coefficient (Wildman–Crippen LogP) is 3.63. The van der Waals surface area contributed by atoms with Crippen LogP contribution < -0.4 is 5.56 Å². The van der Waals surface area contributed by atoms with Crippen LogP contribution in [-0.4, -0.2) is 19.9 Å². The van der Waals surface area contributed by atoms with Crippen molar-refractivity contribution in [2.45, 2.75) is 20.4 Å². The molecule has 6 heteroatoms. The fourth-order valence-electron chi connectivity index (χ4n) is 2.71. The zero-order chi connectivity index (χ0) is 18.8. The fourth-order valence-corrected chi connectivity index (χ4v) is 2.71. The molecule has 0 saturated carbocycles. The van der Waals surface area contributed by atoms with E-state index in [1.54, 1.807) is 6.07 Å². The first-order valence-corrected chi connectivity index (χ1v) is 8.63. The molecule has 0 fully saturated rings. The van der Waals surface area contributed by atoms with Gasteiger partial charge < -0.3 is 4.52 Å². The lowest BCUT2D eigenvalue weighted by Gasteiger charge is -2.05. The summed E-state index contributed by atoms with van der Waals surface area (Å²) in [6.07, 6.45) is 0. The minimum absolute atomic E-state index is 0.122. The van der Waals surface area contributed by atoms with E-state index in [-0.39, 0.29) is 12.1 Å². The van der Waals surface area contributed by atoms with Crippen molar-refractivity contribution in [3.63, 3.8) is 0 Å². The Bertz CT molecular complexity index is 1130. The monoisotopic (exact) mass is 358 g/mol. The Hall–Kier alpha value is -3.54. The maximum Gasteiger partial charge on any atom is 0.267 e. The van der Waals surface area contributed by atoms with Crippen molar-refractivity contribution in [2.24, 2.45) is 0 Å². The van der Waals surface area contributed by atoms with E-state index in [0.717, 1.165) is 16.7 Å². The summed E-state index contributed by atoms with van der Waals surface area (Å²) in [4.78, 5) is 16.6. The maximum absolute atomic E-state index is 12.2. The predicted molar refractivity (Wildman–Crippen MR) is 102 cm³/mol. The normalized spacial score (nSPS) is 10.9. The Morgan fingerprint density at radius 1 is 0.852 bits per heavy atom. The Labute approximate surface area is 156 Å². The number of aryl methyl sites for hydroxylation is 2. The fraction of sp³-hybridized carbons (Fsp3) is 0.143. The molecule has 2 aromatic carbocycles. The summed E-state index contributed by atoms with van der Waals surface area (Å²) < 4.78 is 6.64. The van der Waals surface area contributed by atoms with Crippen LogP contribution in [0.15, 0.2) is 70.0 Å². The molecule has 0 bridgehead atoms. The van der Waals surface area contributed by atoms with E-state index >= 15 is 0 Å². The highest BCUT2D eigenvalue weighted by Gasteiger charge is 2.11. The van der Waals surface area contributed by atoms with Crippen molar-refractivity contribution >= 4 is 0 Å². The summed E-state index contributed by atoms with van der Waals surface area (Å²) in [6.45, 7) is 4.17. The molecule has 0 aliphatic heterocycles. The molecule has 27 heavy (non-hydrogen) atoms. The number of aromatic nitrogens is 4. The summed E-state index contributed by atoms with van der Waals surface area (Å²) >= 11 is 0. The molecule has 0 saturated heterocycles. The zero-order valence-corrected chi connectivity index (χ0v) is 15.1. The molecular weight excluding hydrogens is 340 g/mol. The summed E-state index contributed by atoms with van der Waals surface area (Å²) in [7, 11) is 0. The van der Waals surface area contributed by atoms with Gasteiger partial charge in [0, 0.05) is 17.2 Å². The molecule has 4 rings (SSSR count). The average Bonchev–Trinajstić information content (AvgIpc) is 3.13. The van der Waals surface area contributed by atoms with Gasteiger partial charge in [-0.25, -0.2) is 4.68 Å². The van der Waals surface area contributed by atoms with E-state index in [4.69, 9.17) is 4.52 Å². The highest BCUT2D eigenvalue weighted by Crippen LogP contribution is 2.18. The lowest BCUT2D eigenvalue weighted by molar-refractivity contribution is 0.363. The van der Waals surface area contributed by atoms with E-state index in [9.17, 15) is 4.79 Å². The van der Waals surface area contributed by atoms with Crippen molar-refractivity contribution in [3.8, 4) is 22.6 Å². The van der Waals surface area contributed by atoms with E-state index in [1.807, 2.05) is 62.4 Å². The van der Waals surface area contributed by atoms with Crippen LogP contribution in [0, 0.1) is 13.8 Å². The minimum atomic E-state index is -0.221. The number of rotatable bonds is 4. The lowest BCUT2D eigenvalue weighted by Crippen LogP contribution is -2.23. The van der Waals surface area contributed by atoms with Crippen LogP contribution >= 0.6 is 0 Å². The molecule has 0 aliphatic rings. The molecule has 134 valence electrons. The standard InChI is InChI=1S/C21H18N4O2/c1-14-3-7-16(8-4-14)18-11-12-20(26)25(23-18)13-19-22-21(24-27-19)17-9-5-15(2)6-10-17/h3-12H,13H2,1-2H3. The Kier molecular flexibility index (Phi) is 4.38. The van der Waals surface area contributed by atoms with Crippen molar-refractivity contribution in [2.75, 3.05) is 0 Å². The minimum Gasteiger partial charge on any atom is -0.337 e. The Morgan fingerprint density at radius 2 is 1.48 bits per heavy atom. The first-order chi connectivity index (χ1) is 13.1. The van der Waals surface area contributed by atoms with Gasteiger partial charge in [-0.3, -0.25) is 4.79 Å². The first-order valence-electron chi connectivity index (χ1n) is 8.63. The van der Waals surface area contributed by atoms with E-state index in [1.165, 1.54) is 16.3 Å². The van der Waals surface area contributed by atoms with Crippen LogP contribution in [0.3, 0.4) is 0 Å². The van der Waals surface area contributed by atoms with Gasteiger partial charge in [0.25, 0.3) is 5.56 Å². The smallest absolute Gasteiger partial charge is 0.267 e. The third kappa shape index (κ3) is 3.69. The molecule has 2 aromatic heterocycles. The molecule has 0 aliphatic carbocycles. The number of benzene rings is 2. The molecule has 6 nitrogen and oxygen atoms in total. The van der Waals surface area contributed by atoms with Gasteiger partial charge in [-0.1, -0.05) is 64.8 Å². The topological polar surface area (TPSA) is 73.8 Å². The van der Waals surface area contributed by atoms with Crippen molar-refractivity contribution in [1.29, 1.82) is 0 Å². The van der Waals surface area contributed by atoms with Crippen molar-refractivity contribution in [1.82, 2.24) is 19.9 Å². The van der Waals surface area contributed by atoms with Crippen LogP contribution in [0.25, 0.3) is 22.6 Å². The SMILES string of the molecule is Cc1ccc(-c2ccc(=O)n(Cc3nc(-c4ccc(C)cc4)no3)n2)cc1. The lowest BCUT2D eigenvalue weighted by atomic mass is 10.1. The summed E-state index contributed by atoms with van der Waals surface area (Å²) in [5, 5.41) is 8.44. The Morgan fingerprint density at radius 3 is 2.15 bits per heavy atom. The number of hydrogen-bond acceptors (Lipinski definition) is 5. The van der Waals surface area contributed by atoms with E-state index < -0.39 is 0 Å². The van der Waals surface area contributed by atoms with Gasteiger partial charge in [-0.15, -0.1) is 0 Å². The van der Waals surface area contributed by atoms with Gasteiger partial charge in [0.1, 0.15) is 6.54 Å². The highest BCUT2D eigenvalue weighted by molar-refractivity contribution is 5.58. The van der Waals surface area contributed by atoms with Crippen LogP contribution in [-0.2, 0) is 6.54 Å². The second kappa shape index (κ2) is 6.99. The van der Waals surface area contributed by atoms with Crippen LogP contribution in [0.1, 0.15) is 17.0 Å². The van der Waals surface area contributed by atoms with Gasteiger partial charge in [0.2, 0.25) is 11.7 Å². The van der Waals surface area contributed by atoms with Gasteiger partial charge >= 0.3 is 0 Å². The van der Waals surface area contributed by atoms with Gasteiger partial charge in [0.15, 0.2) is 0 Å². The molecule has 0 N–H and O–H groups in total. The molecule has 0 spiro atoms. The first kappa shape index (κ1) is 16.9. The summed E-state index contributed by atoms with van der Waals surface area (Å²) in [6, 6.07) is 19.1. The quantitative estimate of drug-likeness (QED) is 0.557. The van der Waals surface area contributed by atoms with Crippen LogP contribution in [0.4, 0.5) is 0 Å². The number of nitrogens with zero attached hydrogens (tertiary/aromatic N) is 4. The average molecular weight is 358 g/mol. The van der Waals surface area contributed by atoms with E-state index in [2.05, 4.69) is 15.2 Å². The zero-order valence-electron chi connectivity index (χ0n) is 15.1. The second-order valence-electron chi connectivity index (χ2n) is 6.46. The van der Waals surface area contributed by atoms with Crippen molar-refractivity contribution in [3.05, 3.63) is 88.0 Å².